The number of aromatic nitrogens is 1. The summed E-state index contributed by atoms with van der Waals surface area (Å²) in [4.78, 5) is 23.2. The van der Waals surface area contributed by atoms with Gasteiger partial charge in [0.1, 0.15) is 5.69 Å². The number of hydrogen-bond donors (Lipinski definition) is 0. The van der Waals surface area contributed by atoms with Gasteiger partial charge in [-0.15, -0.1) is 11.3 Å². The largest absolute Gasteiger partial charge is 0.331 e. The van der Waals surface area contributed by atoms with Crippen LogP contribution in [0, 0.1) is 5.92 Å². The fourth-order valence-electron chi connectivity index (χ4n) is 6.14. The van der Waals surface area contributed by atoms with E-state index in [1.54, 1.807) is 11.3 Å². The maximum Gasteiger partial charge on any atom is 0.273 e. The highest BCUT2D eigenvalue weighted by Crippen LogP contribution is 2.36. The van der Waals surface area contributed by atoms with Crippen LogP contribution in [0.3, 0.4) is 0 Å². The smallest absolute Gasteiger partial charge is 0.273 e. The topological polar surface area (TPSA) is 36.4 Å². The number of rotatable bonds is 6. The number of amides is 1. The first-order chi connectivity index (χ1) is 14.8. The van der Waals surface area contributed by atoms with Gasteiger partial charge < -0.3 is 9.80 Å². The SMILES string of the molecule is O=C(c1csc(C2CCN(CC3CCCCC3)CC2)n1)N(C1CCCCC1)C1CC1. The number of hydrogen-bond acceptors (Lipinski definition) is 4. The molecule has 0 N–H and O–H groups in total. The van der Waals surface area contributed by atoms with E-state index in [1.165, 1.54) is 115 Å². The zero-order valence-corrected chi connectivity index (χ0v) is 19.4. The Kier molecular flexibility index (Phi) is 6.76. The first kappa shape index (κ1) is 20.9. The van der Waals surface area contributed by atoms with Crippen LogP contribution in [0.25, 0.3) is 0 Å². The summed E-state index contributed by atoms with van der Waals surface area (Å²) in [5.41, 5.74) is 0.733. The highest BCUT2D eigenvalue weighted by atomic mass is 32.1. The maximum absolute atomic E-state index is 13.4. The van der Waals surface area contributed by atoms with Gasteiger partial charge in [0.05, 0.1) is 5.01 Å². The molecule has 1 aliphatic heterocycles. The summed E-state index contributed by atoms with van der Waals surface area (Å²) in [7, 11) is 0. The Balaban J connectivity index is 1.17. The Morgan fingerprint density at radius 2 is 1.53 bits per heavy atom. The Morgan fingerprint density at radius 3 is 2.20 bits per heavy atom. The molecule has 4 aliphatic rings. The van der Waals surface area contributed by atoms with Crippen LogP contribution < -0.4 is 0 Å². The summed E-state index contributed by atoms with van der Waals surface area (Å²) in [6.07, 6.45) is 18.3. The van der Waals surface area contributed by atoms with Crippen molar-refractivity contribution in [2.24, 2.45) is 5.92 Å². The zero-order chi connectivity index (χ0) is 20.3. The molecule has 0 unspecified atom stereocenters. The van der Waals surface area contributed by atoms with E-state index in [0.717, 1.165) is 11.6 Å². The van der Waals surface area contributed by atoms with Gasteiger partial charge in [-0.2, -0.15) is 0 Å². The normalized spacial score (nSPS) is 25.5. The minimum atomic E-state index is 0.224. The third kappa shape index (κ3) is 4.93. The molecule has 1 saturated heterocycles. The molecule has 1 amide bonds. The summed E-state index contributed by atoms with van der Waals surface area (Å²) in [6, 6.07) is 0.959. The Hall–Kier alpha value is -0.940. The average Bonchev–Trinajstić information content (AvgIpc) is 3.50. The van der Waals surface area contributed by atoms with Crippen LogP contribution in [-0.4, -0.2) is 52.4 Å². The van der Waals surface area contributed by atoms with Crippen LogP contribution in [0.15, 0.2) is 5.38 Å². The predicted molar refractivity (Wildman–Crippen MR) is 123 cm³/mol. The molecule has 5 heteroatoms. The van der Waals surface area contributed by atoms with Gasteiger partial charge in [-0.05, 0) is 70.4 Å². The van der Waals surface area contributed by atoms with Crippen molar-refractivity contribution in [1.82, 2.24) is 14.8 Å². The van der Waals surface area contributed by atoms with Gasteiger partial charge in [0.15, 0.2) is 0 Å². The number of thiazole rings is 1. The number of nitrogens with zero attached hydrogens (tertiary/aromatic N) is 3. The molecular weight excluding hydrogens is 390 g/mol. The third-order valence-corrected chi connectivity index (χ3v) is 9.07. The van der Waals surface area contributed by atoms with Crippen molar-refractivity contribution in [3.05, 3.63) is 16.1 Å². The molecule has 1 aromatic heterocycles. The fraction of sp³-hybridized carbons (Fsp3) is 0.840. The Bertz CT molecular complexity index is 695. The predicted octanol–water partition coefficient (Wildman–Crippen LogP) is 5.84. The van der Waals surface area contributed by atoms with Gasteiger partial charge in [0.25, 0.3) is 5.91 Å². The standard InChI is InChI=1S/C25H39N3OS/c29-25(28(22-11-12-22)21-9-5-2-6-10-21)23-18-30-24(26-23)20-13-15-27(16-14-20)17-19-7-3-1-4-8-19/h18-22H,1-17H2. The first-order valence-corrected chi connectivity index (χ1v) is 13.7. The van der Waals surface area contributed by atoms with Gasteiger partial charge in [-0.3, -0.25) is 4.79 Å². The van der Waals surface area contributed by atoms with E-state index in [4.69, 9.17) is 4.98 Å². The van der Waals surface area contributed by atoms with E-state index in [9.17, 15) is 4.79 Å². The van der Waals surface area contributed by atoms with Gasteiger partial charge in [0.2, 0.25) is 0 Å². The summed E-state index contributed by atoms with van der Waals surface area (Å²) in [6.45, 7) is 3.73. The molecule has 3 saturated carbocycles. The van der Waals surface area contributed by atoms with Crippen LogP contribution in [0.4, 0.5) is 0 Å². The molecule has 5 rings (SSSR count). The second-order valence-corrected chi connectivity index (χ2v) is 11.3. The molecule has 1 aromatic rings. The monoisotopic (exact) mass is 429 g/mol. The fourth-order valence-corrected chi connectivity index (χ4v) is 7.11. The Morgan fingerprint density at radius 1 is 0.900 bits per heavy atom. The van der Waals surface area contributed by atoms with Crippen molar-refractivity contribution in [3.8, 4) is 0 Å². The zero-order valence-electron chi connectivity index (χ0n) is 18.6. The lowest BCUT2D eigenvalue weighted by molar-refractivity contribution is 0.0608. The van der Waals surface area contributed by atoms with Gasteiger partial charge in [0, 0.05) is 29.9 Å². The number of likely N-dealkylation sites (tertiary alicyclic amines) is 1. The van der Waals surface area contributed by atoms with Crippen molar-refractivity contribution in [3.63, 3.8) is 0 Å². The van der Waals surface area contributed by atoms with E-state index in [2.05, 4.69) is 15.2 Å². The molecule has 4 nitrogen and oxygen atoms in total. The molecule has 30 heavy (non-hydrogen) atoms. The lowest BCUT2D eigenvalue weighted by atomic mass is 9.88. The van der Waals surface area contributed by atoms with Crippen molar-refractivity contribution >= 4 is 17.2 Å². The van der Waals surface area contributed by atoms with E-state index in [1.807, 2.05) is 0 Å². The highest BCUT2D eigenvalue weighted by Gasteiger charge is 2.39. The van der Waals surface area contributed by atoms with E-state index >= 15 is 0 Å². The van der Waals surface area contributed by atoms with Gasteiger partial charge >= 0.3 is 0 Å². The third-order valence-electron chi connectivity index (χ3n) is 8.06. The molecule has 0 atom stereocenters. The molecular formula is C25H39N3OS. The first-order valence-electron chi connectivity index (χ1n) is 12.8. The molecule has 3 aliphatic carbocycles. The van der Waals surface area contributed by atoms with E-state index < -0.39 is 0 Å². The van der Waals surface area contributed by atoms with Crippen molar-refractivity contribution in [1.29, 1.82) is 0 Å². The quantitative estimate of drug-likeness (QED) is 0.570. The molecule has 2 heterocycles. The summed E-state index contributed by atoms with van der Waals surface area (Å²) in [5.74, 6) is 1.72. The highest BCUT2D eigenvalue weighted by molar-refractivity contribution is 7.09. The van der Waals surface area contributed by atoms with Crippen molar-refractivity contribution in [2.75, 3.05) is 19.6 Å². The number of carbonyl (C=O) groups is 1. The van der Waals surface area contributed by atoms with E-state index in [0.29, 0.717) is 18.0 Å². The minimum Gasteiger partial charge on any atom is -0.331 e. The lowest BCUT2D eigenvalue weighted by Gasteiger charge is -2.35. The minimum absolute atomic E-state index is 0.224. The summed E-state index contributed by atoms with van der Waals surface area (Å²) < 4.78 is 0. The van der Waals surface area contributed by atoms with Crippen LogP contribution in [0.1, 0.15) is 111 Å². The molecule has 0 bridgehead atoms. The molecule has 0 aromatic carbocycles. The lowest BCUT2D eigenvalue weighted by Crippen LogP contribution is -2.43. The molecule has 4 fully saturated rings. The van der Waals surface area contributed by atoms with Crippen molar-refractivity contribution < 1.29 is 4.79 Å². The second kappa shape index (κ2) is 9.68. The Labute approximate surface area is 186 Å². The van der Waals surface area contributed by atoms with Crippen LogP contribution in [0.2, 0.25) is 0 Å². The van der Waals surface area contributed by atoms with Crippen LogP contribution >= 0.6 is 11.3 Å². The number of carbonyl (C=O) groups excluding carboxylic acids is 1. The molecule has 0 radical (unpaired) electrons. The molecule has 166 valence electrons. The van der Waals surface area contributed by atoms with E-state index in [-0.39, 0.29) is 5.91 Å². The average molecular weight is 430 g/mol. The maximum atomic E-state index is 13.4. The van der Waals surface area contributed by atoms with Crippen LogP contribution in [-0.2, 0) is 0 Å². The number of piperidine rings is 1. The summed E-state index contributed by atoms with van der Waals surface area (Å²) >= 11 is 1.74. The second-order valence-electron chi connectivity index (χ2n) is 10.4. The van der Waals surface area contributed by atoms with Gasteiger partial charge in [-0.1, -0.05) is 38.5 Å². The molecule has 0 spiro atoms. The van der Waals surface area contributed by atoms with Gasteiger partial charge in [-0.25, -0.2) is 4.98 Å². The summed E-state index contributed by atoms with van der Waals surface area (Å²) in [5, 5.41) is 3.28. The van der Waals surface area contributed by atoms with Crippen molar-refractivity contribution in [2.45, 2.75) is 108 Å². The van der Waals surface area contributed by atoms with Crippen LogP contribution in [0.5, 0.6) is 0 Å².